The molecular weight excluding hydrogens is 362 g/mol. The second kappa shape index (κ2) is 8.22. The van der Waals surface area contributed by atoms with E-state index in [1.807, 2.05) is 30.3 Å². The van der Waals surface area contributed by atoms with Crippen LogP contribution in [0.25, 0.3) is 0 Å². The van der Waals surface area contributed by atoms with Crippen molar-refractivity contribution in [2.45, 2.75) is 10.9 Å². The van der Waals surface area contributed by atoms with Gasteiger partial charge in [0, 0.05) is 19.6 Å². The Morgan fingerprint density at radius 2 is 1.73 bits per heavy atom. The lowest BCUT2D eigenvalue weighted by Crippen LogP contribution is -2.43. The molecule has 1 heterocycles. The Balaban J connectivity index is 1.85. The number of hydrogen-bond acceptors (Lipinski definition) is 4. The molecule has 0 aromatic heterocycles. The number of nitrogens with zero attached hydrogens (tertiary/aromatic N) is 1. The van der Waals surface area contributed by atoms with Gasteiger partial charge in [-0.3, -0.25) is 4.90 Å². The Kier molecular flexibility index (Phi) is 5.98. The normalized spacial score (nSPS) is 17.2. The van der Waals surface area contributed by atoms with E-state index in [0.717, 1.165) is 17.7 Å². The predicted molar refractivity (Wildman–Crippen MR) is 93.1 cm³/mol. The largest absolute Gasteiger partial charge is 0.379 e. The summed E-state index contributed by atoms with van der Waals surface area (Å²) >= 11 is 0. The zero-order valence-corrected chi connectivity index (χ0v) is 14.9. The van der Waals surface area contributed by atoms with Crippen LogP contribution in [0.1, 0.15) is 11.6 Å². The van der Waals surface area contributed by atoms with Gasteiger partial charge in [0.15, 0.2) is 11.6 Å². The summed E-state index contributed by atoms with van der Waals surface area (Å²) in [4.78, 5) is 1.80. The fourth-order valence-corrected chi connectivity index (χ4v) is 4.06. The van der Waals surface area contributed by atoms with Gasteiger partial charge < -0.3 is 4.74 Å². The van der Waals surface area contributed by atoms with E-state index in [2.05, 4.69) is 9.62 Å². The molecule has 0 aliphatic carbocycles. The molecule has 2 aromatic rings. The fourth-order valence-electron chi connectivity index (χ4n) is 2.84. The van der Waals surface area contributed by atoms with Gasteiger partial charge in [0.25, 0.3) is 0 Å². The summed E-state index contributed by atoms with van der Waals surface area (Å²) in [5.74, 6) is -2.28. The van der Waals surface area contributed by atoms with Crippen LogP contribution >= 0.6 is 0 Å². The van der Waals surface area contributed by atoms with Crippen molar-refractivity contribution in [2.24, 2.45) is 0 Å². The molecule has 1 aliphatic rings. The van der Waals surface area contributed by atoms with E-state index in [1.165, 1.54) is 0 Å². The monoisotopic (exact) mass is 382 g/mol. The first-order valence-corrected chi connectivity index (χ1v) is 9.76. The molecule has 0 bridgehead atoms. The molecular formula is C18H20F2N2O3S. The smallest absolute Gasteiger partial charge is 0.241 e. The first-order chi connectivity index (χ1) is 12.5. The minimum atomic E-state index is -4.01. The summed E-state index contributed by atoms with van der Waals surface area (Å²) in [6.45, 7) is 3.05. The lowest BCUT2D eigenvalue weighted by Gasteiger charge is -2.31. The van der Waals surface area contributed by atoms with Crippen LogP contribution < -0.4 is 4.72 Å². The van der Waals surface area contributed by atoms with Gasteiger partial charge in [0.05, 0.1) is 24.2 Å². The van der Waals surface area contributed by atoms with Gasteiger partial charge in [-0.05, 0) is 23.8 Å². The first-order valence-electron chi connectivity index (χ1n) is 8.28. The van der Waals surface area contributed by atoms with Crippen molar-refractivity contribution in [3.63, 3.8) is 0 Å². The van der Waals surface area contributed by atoms with Crippen molar-refractivity contribution in [3.8, 4) is 0 Å². The third-order valence-corrected chi connectivity index (χ3v) is 5.71. The van der Waals surface area contributed by atoms with Gasteiger partial charge in [-0.15, -0.1) is 0 Å². The Morgan fingerprint density at radius 1 is 1.04 bits per heavy atom. The first kappa shape index (κ1) is 18.9. The van der Waals surface area contributed by atoms with E-state index in [9.17, 15) is 17.2 Å². The summed E-state index contributed by atoms with van der Waals surface area (Å²) in [6, 6.07) is 11.2. The second-order valence-corrected chi connectivity index (χ2v) is 7.79. The van der Waals surface area contributed by atoms with Crippen molar-refractivity contribution in [2.75, 3.05) is 32.8 Å². The van der Waals surface area contributed by atoms with Crippen molar-refractivity contribution >= 4 is 10.0 Å². The lowest BCUT2D eigenvalue weighted by molar-refractivity contribution is 0.0345. The van der Waals surface area contributed by atoms with Crippen LogP contribution in [0.2, 0.25) is 0 Å². The minimum Gasteiger partial charge on any atom is -0.379 e. The molecule has 5 nitrogen and oxygen atoms in total. The van der Waals surface area contributed by atoms with Gasteiger partial charge in [-0.2, -0.15) is 0 Å². The maximum Gasteiger partial charge on any atom is 0.241 e. The van der Waals surface area contributed by atoms with Crippen molar-refractivity contribution < 1.29 is 21.9 Å². The van der Waals surface area contributed by atoms with Gasteiger partial charge in [-0.1, -0.05) is 30.3 Å². The second-order valence-electron chi connectivity index (χ2n) is 6.07. The van der Waals surface area contributed by atoms with Crippen molar-refractivity contribution in [1.82, 2.24) is 9.62 Å². The maximum atomic E-state index is 13.5. The van der Waals surface area contributed by atoms with E-state index < -0.39 is 27.7 Å². The number of morpholine rings is 1. The molecule has 26 heavy (non-hydrogen) atoms. The highest BCUT2D eigenvalue weighted by atomic mass is 32.2. The van der Waals surface area contributed by atoms with E-state index in [4.69, 9.17) is 4.74 Å². The summed E-state index contributed by atoms with van der Waals surface area (Å²) < 4.78 is 59.9. The molecule has 140 valence electrons. The van der Waals surface area contributed by atoms with Crippen LogP contribution in [0.3, 0.4) is 0 Å². The number of ether oxygens (including phenoxy) is 1. The standard InChI is InChI=1S/C18H20F2N2O3S/c19-16-7-6-15(12-17(16)20)26(23,24)21-18(14-4-2-1-3-5-14)13-22-8-10-25-11-9-22/h1-7,12,18,21H,8-11,13H2/t18-/m1/s1. The Hall–Kier alpha value is -1.87. The van der Waals surface area contributed by atoms with E-state index in [-0.39, 0.29) is 4.90 Å². The summed E-state index contributed by atoms with van der Waals surface area (Å²) in [6.07, 6.45) is 0. The van der Waals surface area contributed by atoms with Crippen molar-refractivity contribution in [1.29, 1.82) is 0 Å². The molecule has 1 fully saturated rings. The Morgan fingerprint density at radius 3 is 2.38 bits per heavy atom. The molecule has 0 radical (unpaired) electrons. The van der Waals surface area contributed by atoms with Crippen LogP contribution in [-0.2, 0) is 14.8 Å². The van der Waals surface area contributed by atoms with E-state index in [0.29, 0.717) is 38.9 Å². The molecule has 2 aromatic carbocycles. The topological polar surface area (TPSA) is 58.6 Å². The molecule has 0 saturated carbocycles. The van der Waals surface area contributed by atoms with Crippen LogP contribution in [0.5, 0.6) is 0 Å². The number of rotatable bonds is 6. The SMILES string of the molecule is O=S(=O)(N[C@H](CN1CCOCC1)c1ccccc1)c1ccc(F)c(F)c1. The minimum absolute atomic E-state index is 0.306. The molecule has 1 N–H and O–H groups in total. The number of benzene rings is 2. The zero-order valence-electron chi connectivity index (χ0n) is 14.1. The number of nitrogens with one attached hydrogen (secondary N) is 1. The Bertz CT molecular complexity index is 841. The van der Waals surface area contributed by atoms with Gasteiger partial charge in [0.2, 0.25) is 10.0 Å². The third kappa shape index (κ3) is 4.64. The average Bonchev–Trinajstić information content (AvgIpc) is 2.65. The summed E-state index contributed by atoms with van der Waals surface area (Å²) in [5.41, 5.74) is 0.796. The van der Waals surface area contributed by atoms with E-state index in [1.54, 1.807) is 0 Å². The average molecular weight is 382 g/mol. The highest BCUT2D eigenvalue weighted by Crippen LogP contribution is 2.20. The molecule has 0 amide bonds. The molecule has 1 atom stereocenters. The lowest BCUT2D eigenvalue weighted by atomic mass is 10.1. The van der Waals surface area contributed by atoms with Gasteiger partial charge in [0.1, 0.15) is 0 Å². The zero-order chi connectivity index (χ0) is 18.6. The third-order valence-electron chi connectivity index (χ3n) is 4.25. The van der Waals surface area contributed by atoms with Gasteiger partial charge in [-0.25, -0.2) is 21.9 Å². The number of sulfonamides is 1. The molecule has 3 rings (SSSR count). The molecule has 0 unspecified atom stereocenters. The molecule has 1 aliphatic heterocycles. The van der Waals surface area contributed by atoms with Gasteiger partial charge >= 0.3 is 0 Å². The van der Waals surface area contributed by atoms with Crippen LogP contribution in [0.15, 0.2) is 53.4 Å². The molecule has 8 heteroatoms. The Labute approximate surface area is 151 Å². The highest BCUT2D eigenvalue weighted by Gasteiger charge is 2.25. The van der Waals surface area contributed by atoms with Crippen molar-refractivity contribution in [3.05, 3.63) is 65.7 Å². The predicted octanol–water partition coefficient (Wildman–Crippen LogP) is 2.32. The van der Waals surface area contributed by atoms with Crippen LogP contribution in [0.4, 0.5) is 8.78 Å². The summed E-state index contributed by atoms with van der Waals surface area (Å²) in [5, 5.41) is 0. The fraction of sp³-hybridized carbons (Fsp3) is 0.333. The van der Waals surface area contributed by atoms with Crippen LogP contribution in [0, 0.1) is 11.6 Å². The van der Waals surface area contributed by atoms with Crippen LogP contribution in [-0.4, -0.2) is 46.2 Å². The number of halogens is 2. The molecule has 1 saturated heterocycles. The quantitative estimate of drug-likeness (QED) is 0.833. The maximum absolute atomic E-state index is 13.5. The van der Waals surface area contributed by atoms with E-state index >= 15 is 0 Å². The highest BCUT2D eigenvalue weighted by molar-refractivity contribution is 7.89. The number of hydrogen-bond donors (Lipinski definition) is 1. The summed E-state index contributed by atoms with van der Waals surface area (Å²) in [7, 11) is -4.01. The molecule has 0 spiro atoms.